The lowest BCUT2D eigenvalue weighted by Crippen LogP contribution is -2.64. The van der Waals surface area contributed by atoms with Gasteiger partial charge in [-0.1, -0.05) is 20.8 Å². The molecule has 5 heteroatoms. The summed E-state index contributed by atoms with van der Waals surface area (Å²) in [6, 6.07) is 0. The second kappa shape index (κ2) is 5.85. The Morgan fingerprint density at radius 3 is 2.10 bits per heavy atom. The summed E-state index contributed by atoms with van der Waals surface area (Å²) in [5.41, 5.74) is 0.0941. The minimum Gasteiger partial charge on any atom is -0.348 e. The summed E-state index contributed by atoms with van der Waals surface area (Å²) in [6.45, 7) is 9.95. The molecule has 162 valence electrons. The van der Waals surface area contributed by atoms with E-state index in [2.05, 4.69) is 20.8 Å². The molecule has 2 saturated heterocycles. The van der Waals surface area contributed by atoms with Crippen molar-refractivity contribution in [2.24, 2.45) is 34.0 Å². The fourth-order valence-corrected chi connectivity index (χ4v) is 8.97. The highest BCUT2D eigenvalue weighted by atomic mass is 16.7. The zero-order valence-electron chi connectivity index (χ0n) is 18.3. The van der Waals surface area contributed by atoms with Crippen molar-refractivity contribution >= 4 is 5.78 Å². The van der Waals surface area contributed by atoms with Gasteiger partial charge >= 0.3 is 0 Å². The fourth-order valence-electron chi connectivity index (χ4n) is 8.97. The molecular formula is C24H36O5. The van der Waals surface area contributed by atoms with Crippen molar-refractivity contribution in [3.63, 3.8) is 0 Å². The molecule has 5 nitrogen and oxygen atoms in total. The minimum absolute atomic E-state index is 0.0298. The molecule has 2 aliphatic heterocycles. The lowest BCUT2D eigenvalue weighted by molar-refractivity contribution is -0.267. The molecule has 0 aromatic rings. The van der Waals surface area contributed by atoms with Crippen LogP contribution in [0.3, 0.4) is 0 Å². The first-order chi connectivity index (χ1) is 13.8. The van der Waals surface area contributed by atoms with Crippen LogP contribution in [0.1, 0.15) is 72.1 Å². The van der Waals surface area contributed by atoms with E-state index in [4.69, 9.17) is 18.9 Å². The molecule has 0 bridgehead atoms. The van der Waals surface area contributed by atoms with Crippen LogP contribution in [0.25, 0.3) is 0 Å². The molecular weight excluding hydrogens is 368 g/mol. The number of fused-ring (bicyclic) bond motifs is 6. The fraction of sp³-hybridized carbons (Fsp3) is 0.958. The highest BCUT2D eigenvalue weighted by Crippen LogP contribution is 2.72. The largest absolute Gasteiger partial charge is 0.348 e. The van der Waals surface area contributed by atoms with Crippen LogP contribution in [-0.2, 0) is 23.7 Å². The number of carbonyl (C=O) groups is 1. The Bertz CT molecular complexity index is 723. The van der Waals surface area contributed by atoms with Crippen molar-refractivity contribution in [2.45, 2.75) is 83.7 Å². The lowest BCUT2D eigenvalue weighted by Gasteiger charge is -2.65. The second-order valence-corrected chi connectivity index (χ2v) is 11.6. The number of ketones is 1. The third kappa shape index (κ3) is 2.23. The van der Waals surface area contributed by atoms with Crippen LogP contribution in [0.15, 0.2) is 0 Å². The van der Waals surface area contributed by atoms with Crippen molar-refractivity contribution in [3.05, 3.63) is 0 Å². The zero-order chi connectivity index (χ0) is 20.1. The van der Waals surface area contributed by atoms with E-state index in [1.165, 1.54) is 0 Å². The number of hydrogen-bond donors (Lipinski definition) is 0. The molecule has 6 aliphatic rings. The molecule has 4 saturated carbocycles. The minimum atomic E-state index is -0.438. The molecule has 6 fully saturated rings. The van der Waals surface area contributed by atoms with Crippen molar-refractivity contribution in [1.29, 1.82) is 0 Å². The average molecular weight is 405 g/mol. The Balaban J connectivity index is 1.35. The Kier molecular flexibility index (Phi) is 3.87. The molecule has 29 heavy (non-hydrogen) atoms. The van der Waals surface area contributed by atoms with Gasteiger partial charge in [0.15, 0.2) is 11.6 Å². The van der Waals surface area contributed by atoms with Crippen molar-refractivity contribution in [1.82, 2.24) is 0 Å². The summed E-state index contributed by atoms with van der Waals surface area (Å²) in [6.07, 6.45) is 7.82. The molecule has 0 amide bonds. The number of hydrogen-bond acceptors (Lipinski definition) is 5. The molecule has 6 atom stereocenters. The molecule has 4 aliphatic carbocycles. The van der Waals surface area contributed by atoms with Gasteiger partial charge in [0.2, 0.25) is 0 Å². The molecule has 2 spiro atoms. The smallest absolute Gasteiger partial charge is 0.174 e. The first-order valence-corrected chi connectivity index (χ1v) is 11.9. The molecule has 0 radical (unpaired) electrons. The van der Waals surface area contributed by atoms with Crippen molar-refractivity contribution in [3.8, 4) is 0 Å². The molecule has 0 N–H and O–H groups in total. The number of rotatable bonds is 0. The van der Waals surface area contributed by atoms with E-state index in [0.717, 1.165) is 44.9 Å². The molecule has 2 heterocycles. The van der Waals surface area contributed by atoms with Gasteiger partial charge in [-0.2, -0.15) is 0 Å². The summed E-state index contributed by atoms with van der Waals surface area (Å²) in [5.74, 6) is 0.625. The Morgan fingerprint density at radius 1 is 0.759 bits per heavy atom. The third-order valence-corrected chi connectivity index (χ3v) is 10.7. The maximum absolute atomic E-state index is 13.8. The van der Waals surface area contributed by atoms with Gasteiger partial charge in [0.05, 0.1) is 26.4 Å². The Labute approximate surface area is 174 Å². The number of Topliss-reactive ketones (excluding diaryl/α,β-unsaturated/α-hetero) is 1. The van der Waals surface area contributed by atoms with Gasteiger partial charge in [-0.15, -0.1) is 0 Å². The number of ether oxygens (including phenoxy) is 4. The van der Waals surface area contributed by atoms with Crippen LogP contribution in [0.2, 0.25) is 0 Å². The maximum Gasteiger partial charge on any atom is 0.174 e. The van der Waals surface area contributed by atoms with E-state index >= 15 is 0 Å². The van der Waals surface area contributed by atoms with E-state index in [1.807, 2.05) is 0 Å². The predicted molar refractivity (Wildman–Crippen MR) is 106 cm³/mol. The zero-order valence-corrected chi connectivity index (χ0v) is 18.3. The van der Waals surface area contributed by atoms with E-state index in [-0.39, 0.29) is 22.2 Å². The first-order valence-electron chi connectivity index (χ1n) is 11.9. The molecule has 0 aromatic carbocycles. The van der Waals surface area contributed by atoms with Gasteiger partial charge in [0, 0.05) is 37.0 Å². The Hall–Kier alpha value is -0.490. The van der Waals surface area contributed by atoms with Gasteiger partial charge < -0.3 is 18.9 Å². The van der Waals surface area contributed by atoms with Gasteiger partial charge in [0.25, 0.3) is 0 Å². The normalized spacial score (nSPS) is 52.5. The van der Waals surface area contributed by atoms with Crippen LogP contribution in [0.4, 0.5) is 0 Å². The quantitative estimate of drug-likeness (QED) is 0.609. The van der Waals surface area contributed by atoms with E-state index in [1.54, 1.807) is 0 Å². The third-order valence-electron chi connectivity index (χ3n) is 10.7. The second-order valence-electron chi connectivity index (χ2n) is 11.6. The van der Waals surface area contributed by atoms with Crippen LogP contribution < -0.4 is 0 Å². The molecule has 6 unspecified atom stereocenters. The van der Waals surface area contributed by atoms with Crippen LogP contribution in [0.5, 0.6) is 0 Å². The lowest BCUT2D eigenvalue weighted by atomic mass is 9.40. The average Bonchev–Trinajstić information content (AvgIpc) is 3.39. The van der Waals surface area contributed by atoms with E-state index in [0.29, 0.717) is 50.5 Å². The van der Waals surface area contributed by atoms with Crippen LogP contribution in [-0.4, -0.2) is 43.8 Å². The summed E-state index contributed by atoms with van der Waals surface area (Å²) in [4.78, 5) is 13.8. The van der Waals surface area contributed by atoms with Gasteiger partial charge in [-0.25, -0.2) is 0 Å². The van der Waals surface area contributed by atoms with Gasteiger partial charge in [-0.3, -0.25) is 4.79 Å². The Morgan fingerprint density at radius 2 is 1.38 bits per heavy atom. The van der Waals surface area contributed by atoms with Crippen LogP contribution >= 0.6 is 0 Å². The first kappa shape index (κ1) is 19.2. The van der Waals surface area contributed by atoms with E-state index < -0.39 is 11.6 Å². The van der Waals surface area contributed by atoms with Gasteiger partial charge in [-0.05, 0) is 48.3 Å². The highest BCUT2D eigenvalue weighted by Gasteiger charge is 2.71. The van der Waals surface area contributed by atoms with E-state index in [9.17, 15) is 4.79 Å². The van der Waals surface area contributed by atoms with Crippen molar-refractivity contribution < 1.29 is 23.7 Å². The summed E-state index contributed by atoms with van der Waals surface area (Å²) < 4.78 is 24.7. The van der Waals surface area contributed by atoms with Crippen LogP contribution in [0, 0.1) is 34.0 Å². The monoisotopic (exact) mass is 404 g/mol. The summed E-state index contributed by atoms with van der Waals surface area (Å²) in [5, 5.41) is 0. The molecule has 6 rings (SSSR count). The number of carbonyl (C=O) groups excluding carboxylic acids is 1. The standard InChI is InChI=1S/C24H36O5/c1-20-14-18(25)19-16(21(20,2)8-9-23(15-20)26-10-11-27-23)4-6-22(3)17(19)5-7-24(22)28-12-13-29-24/h16-17,19H,4-15H2,1-3H3. The highest BCUT2D eigenvalue weighted by molar-refractivity contribution is 5.84. The maximum atomic E-state index is 13.8. The topological polar surface area (TPSA) is 54.0 Å². The predicted octanol–water partition coefficient (Wildman–Crippen LogP) is 4.08. The van der Waals surface area contributed by atoms with Crippen molar-refractivity contribution in [2.75, 3.05) is 26.4 Å². The summed E-state index contributed by atoms with van der Waals surface area (Å²) >= 11 is 0. The van der Waals surface area contributed by atoms with Gasteiger partial charge in [0.1, 0.15) is 5.78 Å². The molecule has 0 aromatic heterocycles. The SMILES string of the molecule is CC12CC(=O)C3C(CCC4(C)C3CCC43OCCO3)C1(C)CCC1(C2)OCCO1. The summed E-state index contributed by atoms with van der Waals surface area (Å²) in [7, 11) is 0.